The van der Waals surface area contributed by atoms with Crippen molar-refractivity contribution in [3.05, 3.63) is 94.1 Å². The summed E-state index contributed by atoms with van der Waals surface area (Å²) in [5, 5.41) is 2.64. The highest BCUT2D eigenvalue weighted by Crippen LogP contribution is 2.41. The van der Waals surface area contributed by atoms with Crippen molar-refractivity contribution < 1.29 is 0 Å². The fourth-order valence-corrected chi connectivity index (χ4v) is 4.27. The van der Waals surface area contributed by atoms with Crippen molar-refractivity contribution in [2.75, 3.05) is 0 Å². The molecule has 0 aliphatic carbocycles. The Hall–Kier alpha value is -2.13. The van der Waals surface area contributed by atoms with E-state index in [2.05, 4.69) is 114 Å². The molecule has 0 nitrogen and oxygen atoms in total. The normalized spacial score (nSPS) is 10.9. The summed E-state index contributed by atoms with van der Waals surface area (Å²) >= 11 is 2.51. The van der Waals surface area contributed by atoms with Gasteiger partial charge >= 0.3 is 0 Å². The number of rotatable bonds is 2. The van der Waals surface area contributed by atoms with Crippen molar-refractivity contribution in [3.63, 3.8) is 0 Å². The molecule has 0 atom stereocenters. The average Bonchev–Trinajstić information content (AvgIpc) is 2.64. The Balaban J connectivity index is 2.14. The fraction of sp³-hybridized carbons (Fsp3) is 0.0435. The number of fused-ring (bicyclic) bond motifs is 1. The molecule has 4 aromatic carbocycles. The lowest BCUT2D eigenvalue weighted by molar-refractivity contribution is 1.44. The van der Waals surface area contributed by atoms with Crippen LogP contribution in [0.1, 0.15) is 5.56 Å². The van der Waals surface area contributed by atoms with Crippen molar-refractivity contribution in [2.24, 2.45) is 0 Å². The zero-order chi connectivity index (χ0) is 16.5. The van der Waals surface area contributed by atoms with E-state index in [0.29, 0.717) is 0 Å². The summed E-state index contributed by atoms with van der Waals surface area (Å²) in [4.78, 5) is 0. The Morgan fingerprint density at radius 3 is 1.50 bits per heavy atom. The summed E-state index contributed by atoms with van der Waals surface area (Å²) < 4.78 is 1.33. The van der Waals surface area contributed by atoms with E-state index < -0.39 is 0 Å². The topological polar surface area (TPSA) is 0 Å². The minimum absolute atomic E-state index is 1.28. The van der Waals surface area contributed by atoms with Gasteiger partial charge in [-0.15, -0.1) is 0 Å². The zero-order valence-corrected chi connectivity index (χ0v) is 15.6. The van der Waals surface area contributed by atoms with Gasteiger partial charge in [0.2, 0.25) is 0 Å². The van der Waals surface area contributed by atoms with Gasteiger partial charge in [-0.2, -0.15) is 0 Å². The molecule has 0 saturated heterocycles. The molecule has 116 valence electrons. The van der Waals surface area contributed by atoms with Crippen molar-refractivity contribution >= 4 is 33.4 Å². The lowest BCUT2D eigenvalue weighted by atomic mass is 9.89. The second-order valence-electron chi connectivity index (χ2n) is 5.97. The van der Waals surface area contributed by atoms with Gasteiger partial charge in [-0.05, 0) is 62.5 Å². The zero-order valence-electron chi connectivity index (χ0n) is 13.5. The average molecular weight is 420 g/mol. The molecular formula is C23H17I. The summed E-state index contributed by atoms with van der Waals surface area (Å²) in [6.07, 6.45) is 0. The molecule has 0 bridgehead atoms. The van der Waals surface area contributed by atoms with E-state index in [1.807, 2.05) is 0 Å². The molecule has 0 spiro atoms. The summed E-state index contributed by atoms with van der Waals surface area (Å²) in [5.41, 5.74) is 6.59. The monoisotopic (exact) mass is 420 g/mol. The highest BCUT2D eigenvalue weighted by molar-refractivity contribution is 14.1. The Bertz CT molecular complexity index is 918. The highest BCUT2D eigenvalue weighted by Gasteiger charge is 2.17. The van der Waals surface area contributed by atoms with E-state index in [4.69, 9.17) is 0 Å². The molecule has 4 aromatic rings. The van der Waals surface area contributed by atoms with Gasteiger partial charge in [0, 0.05) is 9.13 Å². The number of hydrogen-bond donors (Lipinski definition) is 0. The summed E-state index contributed by atoms with van der Waals surface area (Å²) in [6.45, 7) is 2.24. The molecule has 24 heavy (non-hydrogen) atoms. The van der Waals surface area contributed by atoms with Crippen molar-refractivity contribution in [1.82, 2.24) is 0 Å². The third-order valence-electron chi connectivity index (χ3n) is 4.51. The van der Waals surface area contributed by atoms with Gasteiger partial charge in [-0.1, -0.05) is 84.9 Å². The van der Waals surface area contributed by atoms with Gasteiger partial charge in [-0.3, -0.25) is 0 Å². The van der Waals surface area contributed by atoms with Crippen molar-refractivity contribution in [3.8, 4) is 22.3 Å². The molecule has 0 unspecified atom stereocenters. The quantitative estimate of drug-likeness (QED) is 0.304. The van der Waals surface area contributed by atoms with E-state index in [9.17, 15) is 0 Å². The molecule has 0 aromatic heterocycles. The van der Waals surface area contributed by atoms with Crippen LogP contribution in [0.25, 0.3) is 33.0 Å². The van der Waals surface area contributed by atoms with Crippen LogP contribution in [0.4, 0.5) is 0 Å². The third kappa shape index (κ3) is 2.53. The van der Waals surface area contributed by atoms with E-state index in [-0.39, 0.29) is 0 Å². The van der Waals surface area contributed by atoms with Crippen LogP contribution in [0.3, 0.4) is 0 Å². The molecule has 4 rings (SSSR count). The maximum Gasteiger partial charge on any atom is 0.0250 e. The number of benzene rings is 4. The Morgan fingerprint density at radius 2 is 0.958 bits per heavy atom. The van der Waals surface area contributed by atoms with Crippen LogP contribution in [0.15, 0.2) is 84.9 Å². The first-order valence-electron chi connectivity index (χ1n) is 8.09. The Labute approximate surface area is 156 Å². The van der Waals surface area contributed by atoms with Gasteiger partial charge < -0.3 is 0 Å². The van der Waals surface area contributed by atoms with E-state index in [1.165, 1.54) is 42.2 Å². The third-order valence-corrected chi connectivity index (χ3v) is 5.86. The van der Waals surface area contributed by atoms with Crippen LogP contribution in [0.2, 0.25) is 0 Å². The molecular weight excluding hydrogens is 403 g/mol. The van der Waals surface area contributed by atoms with Crippen LogP contribution in [-0.4, -0.2) is 0 Å². The fourth-order valence-electron chi connectivity index (χ4n) is 3.40. The molecule has 0 heterocycles. The predicted octanol–water partition coefficient (Wildman–Crippen LogP) is 7.09. The van der Waals surface area contributed by atoms with Gasteiger partial charge in [0.05, 0.1) is 0 Å². The highest BCUT2D eigenvalue weighted by atomic mass is 127. The van der Waals surface area contributed by atoms with Crippen LogP contribution in [-0.2, 0) is 0 Å². The first-order valence-corrected chi connectivity index (χ1v) is 9.17. The molecule has 1 heteroatoms. The molecule has 0 saturated carbocycles. The summed E-state index contributed by atoms with van der Waals surface area (Å²) in [5.74, 6) is 0. The molecule has 0 aliphatic rings. The van der Waals surface area contributed by atoms with Gasteiger partial charge in [-0.25, -0.2) is 0 Å². The van der Waals surface area contributed by atoms with Crippen LogP contribution < -0.4 is 0 Å². The molecule has 0 radical (unpaired) electrons. The van der Waals surface area contributed by atoms with Crippen LogP contribution in [0, 0.1) is 10.5 Å². The second kappa shape index (κ2) is 6.40. The van der Waals surface area contributed by atoms with Crippen molar-refractivity contribution in [2.45, 2.75) is 6.92 Å². The maximum atomic E-state index is 2.51. The lowest BCUT2D eigenvalue weighted by Crippen LogP contribution is -1.95. The number of hydrogen-bond acceptors (Lipinski definition) is 0. The first-order chi connectivity index (χ1) is 11.8. The van der Waals surface area contributed by atoms with E-state index in [0.717, 1.165) is 0 Å². The predicted molar refractivity (Wildman–Crippen MR) is 112 cm³/mol. The summed E-state index contributed by atoms with van der Waals surface area (Å²) in [6, 6.07) is 30.2. The SMILES string of the molecule is Cc1c(I)c(-c2ccccc2)c2ccccc2c1-c1ccccc1. The lowest BCUT2D eigenvalue weighted by Gasteiger charge is -2.18. The Morgan fingerprint density at radius 1 is 0.542 bits per heavy atom. The minimum atomic E-state index is 1.28. The van der Waals surface area contributed by atoms with Gasteiger partial charge in [0.1, 0.15) is 0 Å². The smallest absolute Gasteiger partial charge is 0.0250 e. The minimum Gasteiger partial charge on any atom is -0.0622 e. The molecule has 0 N–H and O–H groups in total. The maximum absolute atomic E-state index is 2.51. The molecule has 0 aliphatic heterocycles. The van der Waals surface area contributed by atoms with Gasteiger partial charge in [0.15, 0.2) is 0 Å². The summed E-state index contributed by atoms with van der Waals surface area (Å²) in [7, 11) is 0. The van der Waals surface area contributed by atoms with Crippen molar-refractivity contribution in [1.29, 1.82) is 0 Å². The van der Waals surface area contributed by atoms with Gasteiger partial charge in [0.25, 0.3) is 0 Å². The molecule has 0 amide bonds. The van der Waals surface area contributed by atoms with Crippen LogP contribution >= 0.6 is 22.6 Å². The Kier molecular flexibility index (Phi) is 4.11. The van der Waals surface area contributed by atoms with E-state index in [1.54, 1.807) is 0 Å². The molecule has 0 fully saturated rings. The second-order valence-corrected chi connectivity index (χ2v) is 7.05. The largest absolute Gasteiger partial charge is 0.0622 e. The first kappa shape index (κ1) is 15.4. The van der Waals surface area contributed by atoms with Crippen LogP contribution in [0.5, 0.6) is 0 Å². The van der Waals surface area contributed by atoms with E-state index >= 15 is 0 Å². The number of halogens is 1. The standard InChI is InChI=1S/C23H17I/c1-16-21(17-10-4-2-5-11-17)19-14-8-9-15-20(19)22(23(16)24)18-12-6-3-7-13-18/h2-15H,1H3.